The summed E-state index contributed by atoms with van der Waals surface area (Å²) in [7, 11) is 0. The number of hydrogen-bond donors (Lipinski definition) is 2. The van der Waals surface area contributed by atoms with E-state index in [0.29, 0.717) is 43.6 Å². The summed E-state index contributed by atoms with van der Waals surface area (Å²) in [5.74, 6) is 1.27. The third-order valence-corrected chi connectivity index (χ3v) is 3.49. The Kier molecular flexibility index (Phi) is 8.28. The Labute approximate surface area is 157 Å². The molecule has 0 amide bonds. The number of aromatic nitrogens is 1. The summed E-state index contributed by atoms with van der Waals surface area (Å²) >= 11 is 0. The quantitative estimate of drug-likeness (QED) is 0.517. The minimum Gasteiger partial charge on any atom is -0.478 e. The highest BCUT2D eigenvalue weighted by molar-refractivity contribution is 5.79. The van der Waals surface area contributed by atoms with Crippen molar-refractivity contribution in [2.45, 2.75) is 33.5 Å². The van der Waals surface area contributed by atoms with Gasteiger partial charge in [-0.2, -0.15) is 8.78 Å². The Balaban J connectivity index is 2.03. The van der Waals surface area contributed by atoms with Gasteiger partial charge in [-0.1, -0.05) is 18.2 Å². The number of nitrogens with zero attached hydrogens (tertiary/aromatic N) is 2. The smallest absolute Gasteiger partial charge is 0.387 e. The van der Waals surface area contributed by atoms with Crippen molar-refractivity contribution in [2.75, 3.05) is 13.2 Å². The normalized spacial score (nSPS) is 11.4. The van der Waals surface area contributed by atoms with Gasteiger partial charge in [0.2, 0.25) is 5.88 Å². The van der Waals surface area contributed by atoms with Gasteiger partial charge in [0.15, 0.2) is 5.96 Å². The maximum Gasteiger partial charge on any atom is 0.387 e. The summed E-state index contributed by atoms with van der Waals surface area (Å²) in [6.07, 6.45) is 1.67. The van der Waals surface area contributed by atoms with Crippen molar-refractivity contribution in [3.05, 3.63) is 53.7 Å². The molecule has 0 aliphatic rings. The van der Waals surface area contributed by atoms with Crippen LogP contribution in [0.15, 0.2) is 47.6 Å². The molecular weight excluding hydrogens is 354 g/mol. The van der Waals surface area contributed by atoms with Crippen molar-refractivity contribution in [2.24, 2.45) is 4.99 Å². The van der Waals surface area contributed by atoms with Crippen LogP contribution in [0, 0.1) is 0 Å². The number of ether oxygens (including phenoxy) is 2. The summed E-state index contributed by atoms with van der Waals surface area (Å²) in [6.45, 7) is 2.92. The number of hydrogen-bond acceptors (Lipinski definition) is 4. The molecule has 2 N–H and O–H groups in total. The molecule has 0 atom stereocenters. The van der Waals surface area contributed by atoms with E-state index in [4.69, 9.17) is 4.74 Å². The fourth-order valence-electron chi connectivity index (χ4n) is 2.33. The second-order valence-electron chi connectivity index (χ2n) is 5.47. The maximum absolute atomic E-state index is 12.5. The van der Waals surface area contributed by atoms with Crippen molar-refractivity contribution in [1.82, 2.24) is 15.6 Å². The van der Waals surface area contributed by atoms with E-state index in [9.17, 15) is 8.78 Å². The molecule has 6 nitrogen and oxygen atoms in total. The van der Waals surface area contributed by atoms with Crippen LogP contribution in [0.3, 0.4) is 0 Å². The number of pyridine rings is 1. The van der Waals surface area contributed by atoms with Crippen molar-refractivity contribution in [3.8, 4) is 11.6 Å². The summed E-state index contributed by atoms with van der Waals surface area (Å²) in [5, 5.41) is 6.25. The number of guanidine groups is 1. The Bertz CT molecular complexity index is 741. The SMILES string of the molecule is CCNC(=NCc1ccnc(OCC)c1)NCc1ccccc1OC(F)F. The lowest BCUT2D eigenvalue weighted by Gasteiger charge is -2.14. The summed E-state index contributed by atoms with van der Waals surface area (Å²) in [5.41, 5.74) is 1.57. The topological polar surface area (TPSA) is 67.8 Å². The molecule has 0 aliphatic heterocycles. The largest absolute Gasteiger partial charge is 0.478 e. The van der Waals surface area contributed by atoms with Crippen LogP contribution in [-0.2, 0) is 13.1 Å². The second kappa shape index (κ2) is 10.9. The monoisotopic (exact) mass is 378 g/mol. The fraction of sp³-hybridized carbons (Fsp3) is 0.368. The minimum atomic E-state index is -2.86. The van der Waals surface area contributed by atoms with Crippen LogP contribution in [-0.4, -0.2) is 30.7 Å². The lowest BCUT2D eigenvalue weighted by Crippen LogP contribution is -2.36. The van der Waals surface area contributed by atoms with Crippen LogP contribution in [0.4, 0.5) is 8.78 Å². The first-order valence-electron chi connectivity index (χ1n) is 8.75. The zero-order valence-electron chi connectivity index (χ0n) is 15.4. The van der Waals surface area contributed by atoms with Crippen LogP contribution < -0.4 is 20.1 Å². The molecule has 0 aliphatic carbocycles. The van der Waals surface area contributed by atoms with E-state index >= 15 is 0 Å². The molecule has 0 spiro atoms. The number of nitrogens with one attached hydrogen (secondary N) is 2. The van der Waals surface area contributed by atoms with Gasteiger partial charge in [-0.15, -0.1) is 0 Å². The standard InChI is InChI=1S/C19H24F2N4O2/c1-3-22-19(24-12-14-9-10-23-17(11-14)26-4-2)25-13-15-7-5-6-8-16(15)27-18(20)21/h5-11,18H,3-4,12-13H2,1-2H3,(H2,22,24,25). The Hall–Kier alpha value is -2.90. The molecule has 8 heteroatoms. The van der Waals surface area contributed by atoms with Crippen LogP contribution >= 0.6 is 0 Å². The van der Waals surface area contributed by atoms with E-state index in [2.05, 4.69) is 25.3 Å². The molecule has 1 aromatic heterocycles. The summed E-state index contributed by atoms with van der Waals surface area (Å²) in [6, 6.07) is 10.4. The van der Waals surface area contributed by atoms with Gasteiger partial charge in [-0.05, 0) is 31.5 Å². The van der Waals surface area contributed by atoms with Gasteiger partial charge >= 0.3 is 6.61 Å². The predicted octanol–water partition coefficient (Wildman–Crippen LogP) is 3.34. The van der Waals surface area contributed by atoms with Gasteiger partial charge in [0.05, 0.1) is 13.2 Å². The minimum absolute atomic E-state index is 0.145. The number of alkyl halides is 2. The van der Waals surface area contributed by atoms with E-state index < -0.39 is 6.61 Å². The van der Waals surface area contributed by atoms with E-state index in [1.807, 2.05) is 26.0 Å². The molecule has 0 bridgehead atoms. The summed E-state index contributed by atoms with van der Waals surface area (Å²) in [4.78, 5) is 8.64. The molecule has 0 fully saturated rings. The molecule has 1 aromatic carbocycles. The van der Waals surface area contributed by atoms with Gasteiger partial charge < -0.3 is 20.1 Å². The lowest BCUT2D eigenvalue weighted by molar-refractivity contribution is -0.0504. The van der Waals surface area contributed by atoms with Gasteiger partial charge in [0.25, 0.3) is 0 Å². The average molecular weight is 378 g/mol. The van der Waals surface area contributed by atoms with Crippen LogP contribution in [0.2, 0.25) is 0 Å². The number of rotatable bonds is 9. The zero-order chi connectivity index (χ0) is 19.5. The van der Waals surface area contributed by atoms with Crippen LogP contribution in [0.1, 0.15) is 25.0 Å². The Morgan fingerprint density at radius 1 is 1.19 bits per heavy atom. The fourth-order valence-corrected chi connectivity index (χ4v) is 2.33. The van der Waals surface area contributed by atoms with Crippen LogP contribution in [0.25, 0.3) is 0 Å². The molecular formula is C19H24F2N4O2. The molecule has 27 heavy (non-hydrogen) atoms. The molecule has 2 rings (SSSR count). The molecule has 146 valence electrons. The van der Waals surface area contributed by atoms with Gasteiger partial charge in [-0.25, -0.2) is 9.98 Å². The Morgan fingerprint density at radius 2 is 2.00 bits per heavy atom. The molecule has 0 unspecified atom stereocenters. The van der Waals surface area contributed by atoms with E-state index in [1.165, 1.54) is 6.07 Å². The first-order valence-corrected chi connectivity index (χ1v) is 8.75. The van der Waals surface area contributed by atoms with Crippen molar-refractivity contribution in [3.63, 3.8) is 0 Å². The molecule has 0 radical (unpaired) electrons. The van der Waals surface area contributed by atoms with Crippen molar-refractivity contribution in [1.29, 1.82) is 0 Å². The third kappa shape index (κ3) is 7.08. The highest BCUT2D eigenvalue weighted by Crippen LogP contribution is 2.20. The highest BCUT2D eigenvalue weighted by Gasteiger charge is 2.09. The first-order chi connectivity index (χ1) is 13.1. The number of para-hydroxylation sites is 1. The lowest BCUT2D eigenvalue weighted by atomic mass is 10.2. The number of halogens is 2. The summed E-state index contributed by atoms with van der Waals surface area (Å²) < 4.78 is 35.0. The third-order valence-electron chi connectivity index (χ3n) is 3.49. The van der Waals surface area contributed by atoms with E-state index in [0.717, 1.165) is 5.56 Å². The van der Waals surface area contributed by atoms with Gasteiger partial charge in [0.1, 0.15) is 5.75 Å². The van der Waals surface area contributed by atoms with E-state index in [1.54, 1.807) is 24.4 Å². The van der Waals surface area contributed by atoms with E-state index in [-0.39, 0.29) is 5.75 Å². The van der Waals surface area contributed by atoms with Crippen molar-refractivity contribution < 1.29 is 18.3 Å². The first kappa shape index (κ1) is 20.4. The molecule has 0 saturated carbocycles. The second-order valence-corrected chi connectivity index (χ2v) is 5.47. The predicted molar refractivity (Wildman–Crippen MR) is 100 cm³/mol. The number of benzene rings is 1. The van der Waals surface area contributed by atoms with Crippen LogP contribution in [0.5, 0.6) is 11.6 Å². The average Bonchev–Trinajstić information content (AvgIpc) is 2.65. The van der Waals surface area contributed by atoms with Gasteiger partial charge in [0, 0.05) is 30.9 Å². The Morgan fingerprint density at radius 3 is 2.74 bits per heavy atom. The molecule has 1 heterocycles. The number of aliphatic imine (C=N–C) groups is 1. The maximum atomic E-state index is 12.5. The van der Waals surface area contributed by atoms with Gasteiger partial charge in [-0.3, -0.25) is 0 Å². The highest BCUT2D eigenvalue weighted by atomic mass is 19.3. The molecule has 0 saturated heterocycles. The zero-order valence-corrected chi connectivity index (χ0v) is 15.4. The van der Waals surface area contributed by atoms with Crippen molar-refractivity contribution >= 4 is 5.96 Å². The molecule has 2 aromatic rings.